The Morgan fingerprint density at radius 3 is 2.53 bits per heavy atom. The van der Waals surface area contributed by atoms with Crippen molar-refractivity contribution in [3.8, 4) is 6.07 Å². The molecule has 1 unspecified atom stereocenters. The number of rotatable bonds is 9. The number of thiophene rings is 1. The van der Waals surface area contributed by atoms with Crippen LogP contribution >= 0.6 is 11.3 Å². The number of likely N-dealkylation sites (tertiary alicyclic amines) is 2. The maximum absolute atomic E-state index is 13.2. The number of nitrogens with one attached hydrogen (secondary N) is 1. The molecular weight excluding hydrogens is 698 g/mol. The van der Waals surface area contributed by atoms with Gasteiger partial charge in [0.2, 0.25) is 5.95 Å². The number of sulfone groups is 1. The van der Waals surface area contributed by atoms with Crippen molar-refractivity contribution in [1.29, 1.82) is 5.26 Å². The van der Waals surface area contributed by atoms with Crippen LogP contribution in [0.2, 0.25) is 0 Å². The van der Waals surface area contributed by atoms with Crippen molar-refractivity contribution in [2.45, 2.75) is 76.5 Å². The molecule has 7 rings (SSSR count). The molecule has 6 heterocycles. The second-order valence-corrected chi connectivity index (χ2v) is 18.4. The SMILES string of the molecule is CNc1nc(N2CCC3(CCN(Cc4ccc5c(cc(C#N)n5C[C@@H](C)N5CCC(S(C)(=O)=O)CC5)c4C)C3)C2)c2cc(CC(F)(F)F)sc2n1. The Morgan fingerprint density at radius 1 is 1.10 bits per heavy atom. The van der Waals surface area contributed by atoms with Gasteiger partial charge >= 0.3 is 6.18 Å². The minimum Gasteiger partial charge on any atom is -0.357 e. The lowest BCUT2D eigenvalue weighted by atomic mass is 9.86. The van der Waals surface area contributed by atoms with Crippen molar-refractivity contribution in [2.75, 3.05) is 62.8 Å². The lowest BCUT2D eigenvalue weighted by Crippen LogP contribution is -2.44. The highest BCUT2D eigenvalue weighted by Crippen LogP contribution is 2.44. The number of benzene rings is 1. The van der Waals surface area contributed by atoms with E-state index in [1.165, 1.54) is 17.4 Å². The molecular formula is C36H45F3N8O2S2. The highest BCUT2D eigenvalue weighted by Gasteiger charge is 2.44. The molecule has 0 amide bonds. The summed E-state index contributed by atoms with van der Waals surface area (Å²) in [5.74, 6) is 1.12. The second kappa shape index (κ2) is 13.5. The Kier molecular flexibility index (Phi) is 9.52. The molecule has 1 aromatic carbocycles. The predicted molar refractivity (Wildman–Crippen MR) is 196 cm³/mol. The van der Waals surface area contributed by atoms with Crippen LogP contribution in [0.25, 0.3) is 21.1 Å². The van der Waals surface area contributed by atoms with E-state index in [9.17, 15) is 26.9 Å². The molecule has 2 atom stereocenters. The molecule has 3 saturated heterocycles. The topological polar surface area (TPSA) is 110 Å². The van der Waals surface area contributed by atoms with Gasteiger partial charge < -0.3 is 14.8 Å². The fourth-order valence-electron chi connectivity index (χ4n) is 8.55. The summed E-state index contributed by atoms with van der Waals surface area (Å²) < 4.78 is 65.8. The van der Waals surface area contributed by atoms with E-state index in [0.29, 0.717) is 47.1 Å². The number of nitrogens with zero attached hydrogens (tertiary/aromatic N) is 7. The Balaban J connectivity index is 1.04. The van der Waals surface area contributed by atoms with Crippen molar-refractivity contribution < 1.29 is 21.6 Å². The molecule has 0 radical (unpaired) electrons. The Morgan fingerprint density at radius 2 is 1.84 bits per heavy atom. The third-order valence-electron chi connectivity index (χ3n) is 11.4. The summed E-state index contributed by atoms with van der Waals surface area (Å²) >= 11 is 1.08. The van der Waals surface area contributed by atoms with Crippen molar-refractivity contribution in [3.63, 3.8) is 0 Å². The van der Waals surface area contributed by atoms with Gasteiger partial charge in [-0.1, -0.05) is 6.07 Å². The summed E-state index contributed by atoms with van der Waals surface area (Å²) in [6, 6.07) is 10.5. The number of aromatic nitrogens is 3. The van der Waals surface area contributed by atoms with Crippen LogP contribution < -0.4 is 10.2 Å². The maximum atomic E-state index is 13.2. The molecule has 15 heteroatoms. The highest BCUT2D eigenvalue weighted by molar-refractivity contribution is 7.91. The van der Waals surface area contributed by atoms with Crippen molar-refractivity contribution in [2.24, 2.45) is 5.41 Å². The fourth-order valence-corrected chi connectivity index (χ4v) is 10.7. The average Bonchev–Trinajstić information content (AvgIpc) is 3.86. The summed E-state index contributed by atoms with van der Waals surface area (Å²) in [7, 11) is -1.31. The minimum atomic E-state index is -4.28. The van der Waals surface area contributed by atoms with Crippen molar-refractivity contribution >= 4 is 54.1 Å². The van der Waals surface area contributed by atoms with Crippen molar-refractivity contribution in [3.05, 3.63) is 46.0 Å². The highest BCUT2D eigenvalue weighted by atomic mass is 32.2. The molecule has 0 saturated carbocycles. The first-order valence-corrected chi connectivity index (χ1v) is 20.4. The number of halogens is 3. The quantitative estimate of drug-likeness (QED) is 0.222. The number of hydrogen-bond acceptors (Lipinski definition) is 10. The van der Waals surface area contributed by atoms with Gasteiger partial charge in [-0.15, -0.1) is 11.3 Å². The lowest BCUT2D eigenvalue weighted by molar-refractivity contribution is -0.126. The van der Waals surface area contributed by atoms with E-state index in [1.807, 2.05) is 6.07 Å². The van der Waals surface area contributed by atoms with Crippen molar-refractivity contribution in [1.82, 2.24) is 24.3 Å². The molecule has 0 bridgehead atoms. The van der Waals surface area contributed by atoms with Crippen LogP contribution in [-0.2, 0) is 29.3 Å². The monoisotopic (exact) mass is 742 g/mol. The Hall–Kier alpha value is -3.45. The van der Waals surface area contributed by atoms with Gasteiger partial charge in [0.1, 0.15) is 32.2 Å². The van der Waals surface area contributed by atoms with E-state index in [1.54, 1.807) is 13.1 Å². The summed E-state index contributed by atoms with van der Waals surface area (Å²) in [6.07, 6.45) is -0.618. The third-order valence-corrected chi connectivity index (χ3v) is 14.1. The standard InChI is InChI=1S/C36H45F3N8O2S2/c1-23(45-11-7-28(8-12-45)51(4,48)49)19-47-26(18-40)15-29-24(2)25(5-6-31(29)47)20-44-13-9-35(21-44)10-14-46(22-35)32-30-16-27(17-36(37,38)39)50-33(30)43-34(41-3)42-32/h5-6,15-16,23,28H,7-14,17,19-22H2,1-4H3,(H,41,42,43)/t23-,35?/m1/s1. The molecule has 51 heavy (non-hydrogen) atoms. The number of anilines is 2. The molecule has 3 aromatic heterocycles. The molecule has 10 nitrogen and oxygen atoms in total. The number of fused-ring (bicyclic) bond motifs is 2. The number of nitriles is 1. The van der Waals surface area contributed by atoms with E-state index >= 15 is 0 Å². The zero-order valence-corrected chi connectivity index (χ0v) is 31.2. The Labute approximate surface area is 301 Å². The van der Waals surface area contributed by atoms with Crippen LogP contribution in [0.3, 0.4) is 0 Å². The summed E-state index contributed by atoms with van der Waals surface area (Å²) in [5, 5.41) is 14.6. The van der Waals surface area contributed by atoms with E-state index in [2.05, 4.69) is 61.6 Å². The zero-order chi connectivity index (χ0) is 36.3. The first-order valence-electron chi connectivity index (χ1n) is 17.6. The van der Waals surface area contributed by atoms with E-state index in [4.69, 9.17) is 4.98 Å². The normalized spacial score (nSPS) is 21.7. The molecule has 0 aliphatic carbocycles. The van der Waals surface area contributed by atoms with Crippen LogP contribution in [0.5, 0.6) is 0 Å². The first-order chi connectivity index (χ1) is 24.1. The first kappa shape index (κ1) is 35.9. The van der Waals surface area contributed by atoms with E-state index in [-0.39, 0.29) is 21.6 Å². The van der Waals surface area contributed by atoms with Gasteiger partial charge in [0.25, 0.3) is 0 Å². The molecule has 3 aliphatic heterocycles. The van der Waals surface area contributed by atoms with Gasteiger partial charge in [-0.3, -0.25) is 9.80 Å². The Bertz CT molecular complexity index is 2100. The van der Waals surface area contributed by atoms with Crippen LogP contribution in [0.15, 0.2) is 24.3 Å². The van der Waals surface area contributed by atoms with E-state index < -0.39 is 22.4 Å². The van der Waals surface area contributed by atoms with Crippen LogP contribution in [0.1, 0.15) is 54.3 Å². The fraction of sp³-hybridized carbons (Fsp3) is 0.583. The zero-order valence-electron chi connectivity index (χ0n) is 29.6. The van der Waals surface area contributed by atoms with Gasteiger partial charge in [0.05, 0.1) is 17.1 Å². The summed E-state index contributed by atoms with van der Waals surface area (Å²) in [4.78, 5) is 17.1. The lowest BCUT2D eigenvalue weighted by Gasteiger charge is -2.35. The van der Waals surface area contributed by atoms with Gasteiger partial charge in [-0.05, 0) is 88.5 Å². The van der Waals surface area contributed by atoms with Gasteiger partial charge in [0.15, 0.2) is 0 Å². The van der Waals surface area contributed by atoms with E-state index in [0.717, 1.165) is 80.9 Å². The second-order valence-electron chi connectivity index (χ2n) is 14.9. The third kappa shape index (κ3) is 7.29. The summed E-state index contributed by atoms with van der Waals surface area (Å²) in [6.45, 7) is 10.7. The molecule has 1 N–H and O–H groups in total. The molecule has 274 valence electrons. The number of alkyl halides is 3. The number of piperidine rings is 1. The minimum absolute atomic E-state index is 0.0726. The molecule has 3 fully saturated rings. The van der Waals surface area contributed by atoms with Crippen LogP contribution in [0.4, 0.5) is 24.9 Å². The molecule has 4 aromatic rings. The molecule has 3 aliphatic rings. The number of aryl methyl sites for hydroxylation is 1. The van der Waals surface area contributed by atoms with Gasteiger partial charge in [-0.25, -0.2) is 13.4 Å². The number of hydrogen-bond donors (Lipinski definition) is 1. The summed E-state index contributed by atoms with van der Waals surface area (Å²) in [5.41, 5.74) is 4.15. The molecule has 1 spiro atoms. The van der Waals surface area contributed by atoms with Crippen LogP contribution in [-0.4, -0.2) is 103 Å². The van der Waals surface area contributed by atoms with Gasteiger partial charge in [0, 0.05) is 73.3 Å². The smallest absolute Gasteiger partial charge is 0.357 e. The predicted octanol–water partition coefficient (Wildman–Crippen LogP) is 5.97. The largest absolute Gasteiger partial charge is 0.393 e. The average molecular weight is 743 g/mol. The maximum Gasteiger partial charge on any atom is 0.393 e. The van der Waals surface area contributed by atoms with Gasteiger partial charge in [-0.2, -0.15) is 23.4 Å². The van der Waals surface area contributed by atoms with Crippen LogP contribution in [0, 0.1) is 23.7 Å².